The number of nitrogens with one attached hydrogen (secondary N) is 4. The van der Waals surface area contributed by atoms with Crippen LogP contribution in [0.4, 0.5) is 23.1 Å². The van der Waals surface area contributed by atoms with E-state index in [1.165, 1.54) is 7.11 Å². The molecule has 2 heterocycles. The predicted octanol–water partition coefficient (Wildman–Crippen LogP) is 3.24. The number of carbonyl (C=O) groups is 2. The second-order valence-electron chi connectivity index (χ2n) is 6.81. The van der Waals surface area contributed by atoms with Crippen LogP contribution < -0.4 is 26.2 Å². The zero-order valence-electron chi connectivity index (χ0n) is 16.4. The lowest BCUT2D eigenvalue weighted by atomic mass is 9.92. The number of H-pyrrole nitrogens is 1. The highest BCUT2D eigenvalue weighted by Crippen LogP contribution is 2.31. The monoisotopic (exact) mass is 439 g/mol. The molecule has 1 aromatic heterocycles. The number of ether oxygens (including phenoxy) is 1. The SMILES string of the molecule is COc1ccccc1Nc1nc2c(c(=O)[nH]1)[C@H](C(=O)Nc1cccc(Cl)c1)CC(=O)N2. The van der Waals surface area contributed by atoms with Gasteiger partial charge in [-0.3, -0.25) is 19.4 Å². The van der Waals surface area contributed by atoms with Gasteiger partial charge in [-0.05, 0) is 30.3 Å². The maximum atomic E-state index is 12.9. The van der Waals surface area contributed by atoms with Gasteiger partial charge in [0.2, 0.25) is 17.8 Å². The van der Waals surface area contributed by atoms with E-state index in [2.05, 4.69) is 25.9 Å². The Morgan fingerprint density at radius 3 is 2.77 bits per heavy atom. The number of halogens is 1. The number of hydrogen-bond donors (Lipinski definition) is 4. The van der Waals surface area contributed by atoms with Gasteiger partial charge in [0.25, 0.3) is 5.56 Å². The molecule has 0 radical (unpaired) electrons. The number of amides is 2. The number of benzene rings is 2. The van der Waals surface area contributed by atoms with Gasteiger partial charge in [0.05, 0.1) is 24.3 Å². The predicted molar refractivity (Wildman–Crippen MR) is 117 cm³/mol. The van der Waals surface area contributed by atoms with Gasteiger partial charge in [-0.15, -0.1) is 0 Å². The Morgan fingerprint density at radius 1 is 1.19 bits per heavy atom. The summed E-state index contributed by atoms with van der Waals surface area (Å²) >= 11 is 5.95. The zero-order chi connectivity index (χ0) is 22.0. The maximum absolute atomic E-state index is 12.9. The molecule has 3 aromatic rings. The van der Waals surface area contributed by atoms with E-state index in [0.29, 0.717) is 22.1 Å². The fraction of sp³-hybridized carbons (Fsp3) is 0.143. The van der Waals surface area contributed by atoms with Gasteiger partial charge in [-0.1, -0.05) is 29.8 Å². The van der Waals surface area contributed by atoms with E-state index in [4.69, 9.17) is 16.3 Å². The number of para-hydroxylation sites is 2. The Morgan fingerprint density at radius 2 is 2.00 bits per heavy atom. The summed E-state index contributed by atoms with van der Waals surface area (Å²) in [6, 6.07) is 13.7. The van der Waals surface area contributed by atoms with Crippen molar-refractivity contribution in [3.63, 3.8) is 0 Å². The molecule has 0 saturated carbocycles. The molecule has 0 saturated heterocycles. The van der Waals surface area contributed by atoms with Crippen molar-refractivity contribution in [1.29, 1.82) is 0 Å². The van der Waals surface area contributed by atoms with Gasteiger partial charge in [-0.25, -0.2) is 0 Å². The molecule has 0 spiro atoms. The molecule has 2 aromatic carbocycles. The van der Waals surface area contributed by atoms with Gasteiger partial charge in [0.1, 0.15) is 11.6 Å². The van der Waals surface area contributed by atoms with Gasteiger partial charge in [0, 0.05) is 17.1 Å². The lowest BCUT2D eigenvalue weighted by Crippen LogP contribution is -2.36. The minimum atomic E-state index is -1.00. The van der Waals surface area contributed by atoms with Crippen molar-refractivity contribution in [3.8, 4) is 5.75 Å². The topological polar surface area (TPSA) is 125 Å². The number of fused-ring (bicyclic) bond motifs is 1. The fourth-order valence-corrected chi connectivity index (χ4v) is 3.52. The molecule has 1 aliphatic heterocycles. The van der Waals surface area contributed by atoms with E-state index in [0.717, 1.165) is 0 Å². The second kappa shape index (κ2) is 8.49. The molecule has 2 amide bonds. The number of anilines is 4. The zero-order valence-corrected chi connectivity index (χ0v) is 17.1. The highest BCUT2D eigenvalue weighted by atomic mass is 35.5. The number of hydrogen-bond acceptors (Lipinski definition) is 6. The molecule has 0 aliphatic carbocycles. The van der Waals surface area contributed by atoms with Crippen LogP contribution in [0.15, 0.2) is 53.3 Å². The summed E-state index contributed by atoms with van der Waals surface area (Å²) < 4.78 is 5.28. The van der Waals surface area contributed by atoms with Crippen LogP contribution in [-0.4, -0.2) is 28.9 Å². The normalized spacial score (nSPS) is 14.9. The third-order valence-corrected chi connectivity index (χ3v) is 4.95. The highest BCUT2D eigenvalue weighted by Gasteiger charge is 2.34. The average Bonchev–Trinajstić information content (AvgIpc) is 2.73. The van der Waals surface area contributed by atoms with Gasteiger partial charge in [-0.2, -0.15) is 4.98 Å². The third kappa shape index (κ3) is 4.36. The summed E-state index contributed by atoms with van der Waals surface area (Å²) in [5, 5.41) is 8.68. The van der Waals surface area contributed by atoms with Crippen molar-refractivity contribution in [2.75, 3.05) is 23.1 Å². The van der Waals surface area contributed by atoms with Gasteiger partial charge in [0.15, 0.2) is 0 Å². The van der Waals surface area contributed by atoms with E-state index >= 15 is 0 Å². The molecule has 31 heavy (non-hydrogen) atoms. The molecule has 0 bridgehead atoms. The number of methoxy groups -OCH3 is 1. The summed E-state index contributed by atoms with van der Waals surface area (Å²) in [4.78, 5) is 44.8. The van der Waals surface area contributed by atoms with Crippen LogP contribution in [0.1, 0.15) is 17.9 Å². The average molecular weight is 440 g/mol. The first-order chi connectivity index (χ1) is 14.9. The molecule has 9 nitrogen and oxygen atoms in total. The first-order valence-corrected chi connectivity index (χ1v) is 9.73. The standard InChI is InChI=1S/C21H18ClN5O4/c1-31-15-8-3-2-7-14(15)24-21-26-18-17(20(30)27-21)13(10-16(28)25-18)19(29)23-12-6-4-5-11(22)9-12/h2-9,13H,10H2,1H3,(H,23,29)(H3,24,25,26,27,28,30)/t13-/m1/s1. The Balaban J connectivity index is 1.65. The molecule has 0 fully saturated rings. The Labute approximate surface area is 181 Å². The molecule has 158 valence electrons. The number of aromatic amines is 1. The van der Waals surface area contributed by atoms with Crippen LogP contribution in [0.3, 0.4) is 0 Å². The number of aromatic nitrogens is 2. The van der Waals surface area contributed by atoms with Crippen molar-refractivity contribution in [2.24, 2.45) is 0 Å². The summed E-state index contributed by atoms with van der Waals surface area (Å²) in [5.74, 6) is -1.24. The molecule has 4 rings (SSSR count). The van der Waals surface area contributed by atoms with Crippen molar-refractivity contribution >= 4 is 46.6 Å². The molecule has 0 unspecified atom stereocenters. The lowest BCUT2D eigenvalue weighted by molar-refractivity contribution is -0.123. The smallest absolute Gasteiger partial charge is 0.258 e. The first kappa shape index (κ1) is 20.4. The van der Waals surface area contributed by atoms with Crippen molar-refractivity contribution in [2.45, 2.75) is 12.3 Å². The number of nitrogens with zero attached hydrogens (tertiary/aromatic N) is 1. The van der Waals surface area contributed by atoms with Crippen LogP contribution in [0.2, 0.25) is 5.02 Å². The summed E-state index contributed by atoms with van der Waals surface area (Å²) in [6.45, 7) is 0. The molecule has 10 heteroatoms. The van der Waals surface area contributed by atoms with Gasteiger partial charge >= 0.3 is 0 Å². The molecule has 1 aliphatic rings. The quantitative estimate of drug-likeness (QED) is 0.483. The van der Waals surface area contributed by atoms with E-state index in [1.54, 1.807) is 48.5 Å². The minimum Gasteiger partial charge on any atom is -0.495 e. The highest BCUT2D eigenvalue weighted by molar-refractivity contribution is 6.30. The van der Waals surface area contributed by atoms with Crippen molar-refractivity contribution in [1.82, 2.24) is 9.97 Å². The van der Waals surface area contributed by atoms with E-state index in [-0.39, 0.29) is 23.8 Å². The molecular weight excluding hydrogens is 422 g/mol. The Hall–Kier alpha value is -3.85. The summed E-state index contributed by atoms with van der Waals surface area (Å²) in [5.41, 5.74) is 0.590. The minimum absolute atomic E-state index is 0.0312. The summed E-state index contributed by atoms with van der Waals surface area (Å²) in [6.07, 6.45) is -0.177. The lowest BCUT2D eigenvalue weighted by Gasteiger charge is -2.23. The molecular formula is C21H18ClN5O4. The van der Waals surface area contributed by atoms with Crippen LogP contribution in [0.5, 0.6) is 5.75 Å². The Bertz CT molecular complexity index is 1230. The van der Waals surface area contributed by atoms with Crippen LogP contribution in [0.25, 0.3) is 0 Å². The van der Waals surface area contributed by atoms with Crippen molar-refractivity contribution in [3.05, 3.63) is 69.5 Å². The largest absolute Gasteiger partial charge is 0.495 e. The summed E-state index contributed by atoms with van der Waals surface area (Å²) in [7, 11) is 1.52. The van der Waals surface area contributed by atoms with E-state index in [9.17, 15) is 14.4 Å². The number of carbonyl (C=O) groups excluding carboxylic acids is 2. The maximum Gasteiger partial charge on any atom is 0.258 e. The molecule has 4 N–H and O–H groups in total. The van der Waals surface area contributed by atoms with E-state index in [1.807, 2.05) is 0 Å². The second-order valence-corrected chi connectivity index (χ2v) is 7.24. The Kier molecular flexibility index (Phi) is 5.59. The molecule has 1 atom stereocenters. The van der Waals surface area contributed by atoms with Gasteiger partial charge < -0.3 is 20.7 Å². The van der Waals surface area contributed by atoms with Crippen LogP contribution >= 0.6 is 11.6 Å². The van der Waals surface area contributed by atoms with Crippen LogP contribution in [0, 0.1) is 0 Å². The fourth-order valence-electron chi connectivity index (χ4n) is 3.33. The third-order valence-electron chi connectivity index (χ3n) is 4.72. The first-order valence-electron chi connectivity index (χ1n) is 9.35. The van der Waals surface area contributed by atoms with Crippen molar-refractivity contribution < 1.29 is 14.3 Å². The van der Waals surface area contributed by atoms with E-state index < -0.39 is 23.3 Å². The number of rotatable bonds is 5. The van der Waals surface area contributed by atoms with Crippen LogP contribution in [-0.2, 0) is 9.59 Å².